The number of hydrogen-bond donors (Lipinski definition) is 1. The van der Waals surface area contributed by atoms with E-state index in [1.54, 1.807) is 12.1 Å². The van der Waals surface area contributed by atoms with Crippen molar-refractivity contribution in [2.75, 3.05) is 18.4 Å². The van der Waals surface area contributed by atoms with Gasteiger partial charge in [0.25, 0.3) is 0 Å². The van der Waals surface area contributed by atoms with Crippen LogP contribution in [0.25, 0.3) is 0 Å². The molecular formula is C16H20ClN7O. The van der Waals surface area contributed by atoms with Gasteiger partial charge in [-0.05, 0) is 61.3 Å². The summed E-state index contributed by atoms with van der Waals surface area (Å²) < 4.78 is 1.95. The van der Waals surface area contributed by atoms with Crippen molar-refractivity contribution in [1.82, 2.24) is 30.1 Å². The molecule has 4 rings (SSSR count). The normalized spacial score (nSPS) is 19.1. The molecule has 1 saturated carbocycles. The van der Waals surface area contributed by atoms with Crippen LogP contribution in [-0.2, 0) is 11.3 Å². The minimum atomic E-state index is 0.00755. The van der Waals surface area contributed by atoms with Gasteiger partial charge < -0.3 is 5.32 Å². The van der Waals surface area contributed by atoms with Gasteiger partial charge in [0.15, 0.2) is 5.82 Å². The molecule has 132 valence electrons. The van der Waals surface area contributed by atoms with Crippen molar-refractivity contribution in [2.45, 2.75) is 38.3 Å². The monoisotopic (exact) mass is 361 g/mol. The molecule has 2 fully saturated rings. The fourth-order valence-corrected chi connectivity index (χ4v) is 3.26. The molecule has 2 aliphatic rings. The quantitative estimate of drug-likeness (QED) is 0.875. The fourth-order valence-electron chi connectivity index (χ4n) is 3.15. The van der Waals surface area contributed by atoms with Crippen molar-refractivity contribution < 1.29 is 4.79 Å². The fraction of sp³-hybridized carbons (Fsp3) is 0.562. The topological polar surface area (TPSA) is 88.8 Å². The van der Waals surface area contributed by atoms with Gasteiger partial charge in [0.05, 0.1) is 17.6 Å². The first kappa shape index (κ1) is 16.4. The van der Waals surface area contributed by atoms with Gasteiger partial charge in [-0.1, -0.05) is 11.6 Å². The minimum absolute atomic E-state index is 0.00755. The number of carbonyl (C=O) groups excluding carboxylic acids is 1. The molecule has 1 amide bonds. The van der Waals surface area contributed by atoms with Crippen molar-refractivity contribution in [1.29, 1.82) is 0 Å². The van der Waals surface area contributed by atoms with E-state index < -0.39 is 0 Å². The average molecular weight is 362 g/mol. The number of rotatable bonds is 5. The predicted molar refractivity (Wildman–Crippen MR) is 92.0 cm³/mol. The summed E-state index contributed by atoms with van der Waals surface area (Å²) in [6.07, 6.45) is 5.51. The van der Waals surface area contributed by atoms with Gasteiger partial charge >= 0.3 is 0 Å². The van der Waals surface area contributed by atoms with E-state index in [9.17, 15) is 4.79 Å². The van der Waals surface area contributed by atoms with Crippen molar-refractivity contribution in [3.05, 3.63) is 29.2 Å². The van der Waals surface area contributed by atoms with Crippen LogP contribution in [0, 0.1) is 5.92 Å². The van der Waals surface area contributed by atoms with E-state index in [0.717, 1.165) is 38.3 Å². The standard InChI is InChI=1S/C16H20ClN7O/c17-12-1-4-14(18-9-12)19-16(25)11-5-7-23(8-6-11)10-15-20-21-22-24(15)13-2-3-13/h1,4,9,11,13H,2-3,5-8,10H2,(H,18,19,25). The maximum Gasteiger partial charge on any atom is 0.228 e. The highest BCUT2D eigenvalue weighted by Gasteiger charge is 2.30. The van der Waals surface area contributed by atoms with Crippen LogP contribution in [-0.4, -0.2) is 49.1 Å². The maximum atomic E-state index is 12.4. The van der Waals surface area contributed by atoms with E-state index in [0.29, 0.717) is 16.9 Å². The molecule has 0 spiro atoms. The highest BCUT2D eigenvalue weighted by Crippen LogP contribution is 2.34. The summed E-state index contributed by atoms with van der Waals surface area (Å²) in [5.74, 6) is 1.50. The van der Waals surface area contributed by atoms with Gasteiger partial charge in [-0.25, -0.2) is 9.67 Å². The number of likely N-dealkylation sites (tertiary alicyclic amines) is 1. The second kappa shape index (κ2) is 7.05. The van der Waals surface area contributed by atoms with Gasteiger partial charge in [-0.2, -0.15) is 0 Å². The van der Waals surface area contributed by atoms with Gasteiger partial charge in [-0.15, -0.1) is 5.10 Å². The number of tetrazole rings is 1. The molecular weight excluding hydrogens is 342 g/mol. The first-order valence-corrected chi connectivity index (χ1v) is 8.98. The molecule has 0 radical (unpaired) electrons. The highest BCUT2D eigenvalue weighted by atomic mass is 35.5. The van der Waals surface area contributed by atoms with Crippen LogP contribution in [0.2, 0.25) is 5.02 Å². The molecule has 1 aliphatic carbocycles. The van der Waals surface area contributed by atoms with Crippen LogP contribution < -0.4 is 5.32 Å². The first-order valence-electron chi connectivity index (χ1n) is 8.60. The summed E-state index contributed by atoms with van der Waals surface area (Å²) in [6, 6.07) is 3.92. The van der Waals surface area contributed by atoms with E-state index in [-0.39, 0.29) is 11.8 Å². The second-order valence-corrected chi connectivity index (χ2v) is 7.11. The Morgan fingerprint density at radius 1 is 1.24 bits per heavy atom. The molecule has 2 aromatic heterocycles. The average Bonchev–Trinajstić information content (AvgIpc) is 3.37. The van der Waals surface area contributed by atoms with E-state index >= 15 is 0 Å². The lowest BCUT2D eigenvalue weighted by Gasteiger charge is -2.30. The zero-order valence-corrected chi connectivity index (χ0v) is 14.6. The number of aromatic nitrogens is 5. The van der Waals surface area contributed by atoms with Crippen LogP contribution in [0.4, 0.5) is 5.82 Å². The molecule has 1 N–H and O–H groups in total. The number of nitrogens with zero attached hydrogens (tertiary/aromatic N) is 6. The second-order valence-electron chi connectivity index (χ2n) is 6.67. The Kier molecular flexibility index (Phi) is 4.63. The molecule has 25 heavy (non-hydrogen) atoms. The van der Waals surface area contributed by atoms with E-state index in [4.69, 9.17) is 11.6 Å². The van der Waals surface area contributed by atoms with E-state index in [1.165, 1.54) is 19.0 Å². The summed E-state index contributed by atoms with van der Waals surface area (Å²) >= 11 is 5.81. The lowest BCUT2D eigenvalue weighted by atomic mass is 9.96. The zero-order chi connectivity index (χ0) is 17.2. The molecule has 0 atom stereocenters. The van der Waals surface area contributed by atoms with E-state index in [2.05, 4.69) is 30.7 Å². The smallest absolute Gasteiger partial charge is 0.228 e. The predicted octanol–water partition coefficient (Wildman–Crippen LogP) is 1.91. The molecule has 8 nitrogen and oxygen atoms in total. The number of halogens is 1. The largest absolute Gasteiger partial charge is 0.310 e. The first-order chi connectivity index (χ1) is 12.2. The Morgan fingerprint density at radius 2 is 2.04 bits per heavy atom. The summed E-state index contributed by atoms with van der Waals surface area (Å²) in [6.45, 7) is 2.48. The molecule has 0 aromatic carbocycles. The minimum Gasteiger partial charge on any atom is -0.310 e. The number of carbonyl (C=O) groups is 1. The number of piperidine rings is 1. The highest BCUT2D eigenvalue weighted by molar-refractivity contribution is 6.30. The van der Waals surface area contributed by atoms with Crippen molar-refractivity contribution in [2.24, 2.45) is 5.92 Å². The molecule has 1 aliphatic heterocycles. The SMILES string of the molecule is O=C(Nc1ccc(Cl)cn1)C1CCN(Cc2nnnn2C2CC2)CC1. The Balaban J connectivity index is 1.28. The van der Waals surface area contributed by atoms with Crippen LogP contribution in [0.15, 0.2) is 18.3 Å². The number of nitrogens with one attached hydrogen (secondary N) is 1. The Labute approximate surface area is 150 Å². The third-order valence-electron chi connectivity index (χ3n) is 4.76. The molecule has 0 bridgehead atoms. The lowest BCUT2D eigenvalue weighted by Crippen LogP contribution is -2.38. The molecule has 0 unspecified atom stereocenters. The van der Waals surface area contributed by atoms with Crippen LogP contribution in [0.3, 0.4) is 0 Å². The lowest BCUT2D eigenvalue weighted by molar-refractivity contribution is -0.121. The molecule has 1 saturated heterocycles. The Morgan fingerprint density at radius 3 is 2.72 bits per heavy atom. The summed E-state index contributed by atoms with van der Waals surface area (Å²) in [7, 11) is 0. The van der Waals surface area contributed by atoms with Crippen LogP contribution in [0.1, 0.15) is 37.5 Å². The van der Waals surface area contributed by atoms with Crippen molar-refractivity contribution >= 4 is 23.3 Å². The number of anilines is 1. The van der Waals surface area contributed by atoms with Gasteiger partial charge in [0, 0.05) is 12.1 Å². The van der Waals surface area contributed by atoms with Gasteiger partial charge in [0.2, 0.25) is 5.91 Å². The third-order valence-corrected chi connectivity index (χ3v) is 4.98. The van der Waals surface area contributed by atoms with Crippen molar-refractivity contribution in [3.63, 3.8) is 0 Å². The summed E-state index contributed by atoms with van der Waals surface area (Å²) in [5.41, 5.74) is 0. The summed E-state index contributed by atoms with van der Waals surface area (Å²) in [4.78, 5) is 18.8. The Hall–Kier alpha value is -2.06. The van der Waals surface area contributed by atoms with Crippen LogP contribution >= 0.6 is 11.6 Å². The van der Waals surface area contributed by atoms with Crippen molar-refractivity contribution in [3.8, 4) is 0 Å². The zero-order valence-electron chi connectivity index (χ0n) is 13.8. The van der Waals surface area contributed by atoms with E-state index in [1.807, 2.05) is 4.68 Å². The van der Waals surface area contributed by atoms with Gasteiger partial charge in [0.1, 0.15) is 5.82 Å². The molecule has 2 aromatic rings. The number of pyridine rings is 1. The summed E-state index contributed by atoms with van der Waals surface area (Å²) in [5, 5.41) is 15.5. The molecule has 3 heterocycles. The van der Waals surface area contributed by atoms with Crippen LogP contribution in [0.5, 0.6) is 0 Å². The number of hydrogen-bond acceptors (Lipinski definition) is 6. The van der Waals surface area contributed by atoms with Gasteiger partial charge in [-0.3, -0.25) is 9.69 Å². The molecule has 9 heteroatoms. The maximum absolute atomic E-state index is 12.4. The third kappa shape index (κ3) is 3.96. The number of amides is 1. The Bertz CT molecular complexity index is 735.